The summed E-state index contributed by atoms with van der Waals surface area (Å²) in [7, 11) is 1.84. The Balaban J connectivity index is 1.89. The van der Waals surface area contributed by atoms with Crippen molar-refractivity contribution in [2.24, 2.45) is 7.05 Å². The monoisotopic (exact) mass is 282 g/mol. The van der Waals surface area contributed by atoms with E-state index in [0.29, 0.717) is 19.4 Å². The van der Waals surface area contributed by atoms with E-state index in [1.54, 1.807) is 22.6 Å². The first-order chi connectivity index (χ1) is 9.11. The minimum atomic E-state index is -0.353. The Hall–Kier alpha value is -1.50. The molecule has 0 unspecified atom stereocenters. The molecule has 1 atom stereocenters. The number of carbonyl (C=O) groups excluding carboxylic acids is 2. The van der Waals surface area contributed by atoms with Crippen LogP contribution in [0.3, 0.4) is 0 Å². The molecule has 2 heterocycles. The van der Waals surface area contributed by atoms with Gasteiger partial charge < -0.3 is 5.32 Å². The Labute approximate surface area is 116 Å². The number of amides is 3. The Morgan fingerprint density at radius 2 is 2.26 bits per heavy atom. The van der Waals surface area contributed by atoms with E-state index in [4.69, 9.17) is 0 Å². The first-order valence-electron chi connectivity index (χ1n) is 6.20. The zero-order chi connectivity index (χ0) is 13.8. The number of imide groups is 1. The van der Waals surface area contributed by atoms with Gasteiger partial charge in [-0.25, -0.2) is 4.79 Å². The summed E-state index contributed by atoms with van der Waals surface area (Å²) in [5.41, 5.74) is 1.02. The molecule has 1 saturated heterocycles. The van der Waals surface area contributed by atoms with Crippen LogP contribution in [0.25, 0.3) is 0 Å². The first kappa shape index (κ1) is 13.9. The summed E-state index contributed by atoms with van der Waals surface area (Å²) >= 11 is 1.67. The molecular formula is C12H18N4O2S. The molecule has 6 nitrogen and oxygen atoms in total. The maximum Gasteiger partial charge on any atom is 0.324 e. The van der Waals surface area contributed by atoms with Crippen molar-refractivity contribution >= 4 is 23.7 Å². The molecule has 1 aromatic rings. The second-order valence-electron chi connectivity index (χ2n) is 4.55. The van der Waals surface area contributed by atoms with Crippen LogP contribution in [-0.4, -0.2) is 51.2 Å². The van der Waals surface area contributed by atoms with Crippen LogP contribution >= 0.6 is 11.8 Å². The Morgan fingerprint density at radius 3 is 2.89 bits per heavy atom. The average Bonchev–Trinajstić information content (AvgIpc) is 2.90. The first-order valence-corrected chi connectivity index (χ1v) is 7.59. The van der Waals surface area contributed by atoms with Crippen molar-refractivity contribution in [1.82, 2.24) is 20.0 Å². The number of aromatic nitrogens is 2. The van der Waals surface area contributed by atoms with Crippen LogP contribution in [0, 0.1) is 0 Å². The summed E-state index contributed by atoms with van der Waals surface area (Å²) in [5, 5.41) is 6.80. The van der Waals surface area contributed by atoms with Gasteiger partial charge >= 0.3 is 6.03 Å². The highest BCUT2D eigenvalue weighted by Gasteiger charge is 2.36. The van der Waals surface area contributed by atoms with E-state index in [9.17, 15) is 9.59 Å². The van der Waals surface area contributed by atoms with E-state index >= 15 is 0 Å². The molecule has 1 fully saturated rings. The highest BCUT2D eigenvalue weighted by Crippen LogP contribution is 2.12. The number of urea groups is 1. The summed E-state index contributed by atoms with van der Waals surface area (Å²) in [6.45, 7) is 0.409. The number of hydrogen-bond acceptors (Lipinski definition) is 4. The molecule has 0 radical (unpaired) electrons. The van der Waals surface area contributed by atoms with Crippen molar-refractivity contribution in [2.45, 2.75) is 18.9 Å². The Morgan fingerprint density at radius 1 is 1.47 bits per heavy atom. The molecule has 7 heteroatoms. The molecule has 19 heavy (non-hydrogen) atoms. The highest BCUT2D eigenvalue weighted by atomic mass is 32.2. The number of nitrogens with zero attached hydrogens (tertiary/aromatic N) is 3. The third-order valence-corrected chi connectivity index (χ3v) is 3.74. The van der Waals surface area contributed by atoms with Crippen molar-refractivity contribution in [3.63, 3.8) is 0 Å². The third-order valence-electron chi connectivity index (χ3n) is 3.10. The minimum absolute atomic E-state index is 0.108. The molecule has 0 aliphatic carbocycles. The fourth-order valence-electron chi connectivity index (χ4n) is 2.06. The van der Waals surface area contributed by atoms with Crippen LogP contribution in [-0.2, 0) is 18.3 Å². The van der Waals surface area contributed by atoms with Crippen LogP contribution < -0.4 is 5.32 Å². The summed E-state index contributed by atoms with van der Waals surface area (Å²) in [6, 6.07) is -0.631. The molecule has 0 aromatic carbocycles. The van der Waals surface area contributed by atoms with Gasteiger partial charge in [-0.05, 0) is 30.4 Å². The number of thioether (sulfide) groups is 1. The number of nitrogens with one attached hydrogen (secondary N) is 1. The zero-order valence-electron chi connectivity index (χ0n) is 11.1. The van der Waals surface area contributed by atoms with E-state index in [0.717, 1.165) is 11.3 Å². The van der Waals surface area contributed by atoms with Gasteiger partial charge in [0.1, 0.15) is 6.04 Å². The molecule has 0 bridgehead atoms. The number of hydrogen-bond donors (Lipinski definition) is 1. The quantitative estimate of drug-likeness (QED) is 0.777. The molecule has 104 valence electrons. The number of aryl methyl sites for hydroxylation is 1. The Kier molecular flexibility index (Phi) is 4.47. The fourth-order valence-corrected chi connectivity index (χ4v) is 2.53. The van der Waals surface area contributed by atoms with Gasteiger partial charge in [0, 0.05) is 19.8 Å². The molecule has 3 amide bonds. The molecular weight excluding hydrogens is 264 g/mol. The van der Waals surface area contributed by atoms with Gasteiger partial charge in [-0.2, -0.15) is 16.9 Å². The van der Waals surface area contributed by atoms with Crippen LogP contribution in [0.1, 0.15) is 12.0 Å². The predicted octanol–water partition coefficient (Wildman–Crippen LogP) is 0.636. The van der Waals surface area contributed by atoms with E-state index < -0.39 is 0 Å². The van der Waals surface area contributed by atoms with E-state index in [1.807, 2.05) is 19.5 Å². The minimum Gasteiger partial charge on any atom is -0.326 e. The highest BCUT2D eigenvalue weighted by molar-refractivity contribution is 7.98. The van der Waals surface area contributed by atoms with Gasteiger partial charge in [-0.1, -0.05) is 0 Å². The summed E-state index contributed by atoms with van der Waals surface area (Å²) < 4.78 is 1.71. The molecule has 0 spiro atoms. The van der Waals surface area contributed by atoms with Gasteiger partial charge in [0.05, 0.1) is 6.20 Å². The maximum absolute atomic E-state index is 12.1. The second-order valence-corrected chi connectivity index (χ2v) is 5.53. The molecule has 1 aliphatic heterocycles. The van der Waals surface area contributed by atoms with E-state index in [-0.39, 0.29) is 18.0 Å². The van der Waals surface area contributed by atoms with Crippen molar-refractivity contribution in [3.8, 4) is 0 Å². The summed E-state index contributed by atoms with van der Waals surface area (Å²) in [4.78, 5) is 25.1. The average molecular weight is 282 g/mol. The SMILES string of the molecule is CSCC[C@@H]1NC(=O)N(CCc2cnn(C)c2)C1=O. The lowest BCUT2D eigenvalue weighted by molar-refractivity contribution is -0.127. The van der Waals surface area contributed by atoms with Crippen molar-refractivity contribution < 1.29 is 9.59 Å². The van der Waals surface area contributed by atoms with Crippen molar-refractivity contribution in [2.75, 3.05) is 18.6 Å². The van der Waals surface area contributed by atoms with Gasteiger partial charge in [-0.15, -0.1) is 0 Å². The van der Waals surface area contributed by atoms with Crippen molar-refractivity contribution in [3.05, 3.63) is 18.0 Å². The fraction of sp³-hybridized carbons (Fsp3) is 0.583. The van der Waals surface area contributed by atoms with Gasteiger partial charge in [0.2, 0.25) is 0 Å². The normalized spacial score (nSPS) is 19.1. The molecule has 2 rings (SSSR count). The molecule has 1 aliphatic rings. The molecule has 0 saturated carbocycles. The Bertz CT molecular complexity index is 474. The van der Waals surface area contributed by atoms with Crippen LogP contribution in [0.5, 0.6) is 0 Å². The lowest BCUT2D eigenvalue weighted by Gasteiger charge is -2.11. The second kappa shape index (κ2) is 6.10. The summed E-state index contributed by atoms with van der Waals surface area (Å²) in [5.74, 6) is 0.760. The smallest absolute Gasteiger partial charge is 0.324 e. The number of carbonyl (C=O) groups is 2. The lowest BCUT2D eigenvalue weighted by atomic mass is 10.2. The van der Waals surface area contributed by atoms with Gasteiger partial charge in [-0.3, -0.25) is 14.4 Å². The third kappa shape index (κ3) is 3.28. The van der Waals surface area contributed by atoms with E-state index in [2.05, 4.69) is 10.4 Å². The van der Waals surface area contributed by atoms with E-state index in [1.165, 1.54) is 4.90 Å². The largest absolute Gasteiger partial charge is 0.326 e. The maximum atomic E-state index is 12.1. The predicted molar refractivity (Wildman–Crippen MR) is 73.9 cm³/mol. The van der Waals surface area contributed by atoms with Crippen LogP contribution in [0.15, 0.2) is 12.4 Å². The lowest BCUT2D eigenvalue weighted by Crippen LogP contribution is -2.33. The topological polar surface area (TPSA) is 67.2 Å². The van der Waals surface area contributed by atoms with Crippen LogP contribution in [0.4, 0.5) is 4.79 Å². The molecule has 1 aromatic heterocycles. The zero-order valence-corrected chi connectivity index (χ0v) is 11.9. The van der Waals surface area contributed by atoms with Crippen molar-refractivity contribution in [1.29, 1.82) is 0 Å². The molecule has 1 N–H and O–H groups in total. The summed E-state index contributed by atoms with van der Waals surface area (Å²) in [6.07, 6.45) is 6.96. The standard InChI is InChI=1S/C12H18N4O2S/c1-15-8-9(7-13-15)3-5-16-11(17)10(4-6-19-2)14-12(16)18/h7-8,10H,3-6H2,1-2H3,(H,14,18)/t10-/m0/s1. The number of rotatable bonds is 6. The van der Waals surface area contributed by atoms with Gasteiger partial charge in [0.25, 0.3) is 5.91 Å². The van der Waals surface area contributed by atoms with Crippen LogP contribution in [0.2, 0.25) is 0 Å². The van der Waals surface area contributed by atoms with Gasteiger partial charge in [0.15, 0.2) is 0 Å².